The van der Waals surface area contributed by atoms with E-state index in [9.17, 15) is 19.5 Å². The van der Waals surface area contributed by atoms with E-state index in [4.69, 9.17) is 5.90 Å². The topological polar surface area (TPSA) is 154 Å². The van der Waals surface area contributed by atoms with E-state index in [1.54, 1.807) is 18.2 Å². The van der Waals surface area contributed by atoms with E-state index >= 15 is 0 Å². The average Bonchev–Trinajstić information content (AvgIpc) is 2.72. The molecule has 29 heavy (non-hydrogen) atoms. The molecule has 146 valence electrons. The third-order valence-electron chi connectivity index (χ3n) is 3.73. The van der Waals surface area contributed by atoms with Gasteiger partial charge >= 0.3 is 0 Å². The first-order valence-corrected chi connectivity index (χ1v) is 9.89. The lowest BCUT2D eigenvalue weighted by Gasteiger charge is -2.09. The van der Waals surface area contributed by atoms with Crippen LogP contribution in [0.3, 0.4) is 0 Å². The van der Waals surface area contributed by atoms with Crippen LogP contribution in [0.2, 0.25) is 0 Å². The van der Waals surface area contributed by atoms with Gasteiger partial charge in [-0.25, -0.2) is 4.98 Å². The minimum absolute atomic E-state index is 0.0189. The number of halogens is 2. The zero-order valence-corrected chi connectivity index (χ0v) is 17.9. The highest BCUT2D eigenvalue weighted by atomic mass is 79.9. The summed E-state index contributed by atoms with van der Waals surface area (Å²) in [5.41, 5.74) is -0.726. The van der Waals surface area contributed by atoms with Gasteiger partial charge in [0.1, 0.15) is 5.01 Å². The second-order valence-electron chi connectivity index (χ2n) is 5.36. The molecular formula is C16H7Br2N5O5S. The van der Waals surface area contributed by atoms with Gasteiger partial charge in [-0.3, -0.25) is 4.79 Å². The first-order chi connectivity index (χ1) is 13.9. The van der Waals surface area contributed by atoms with E-state index in [-0.39, 0.29) is 20.8 Å². The summed E-state index contributed by atoms with van der Waals surface area (Å²) in [4.78, 5) is 54.3. The molecule has 0 saturated heterocycles. The Morgan fingerprint density at radius 1 is 1.03 bits per heavy atom. The third-order valence-corrected chi connectivity index (χ3v) is 6.21. The number of nitrogens with two attached hydrogens (primary N) is 1. The highest BCUT2D eigenvalue weighted by Gasteiger charge is 2.24. The average molecular weight is 541 g/mol. The van der Waals surface area contributed by atoms with Crippen LogP contribution < -0.4 is 16.2 Å². The Bertz CT molecular complexity index is 1210. The fourth-order valence-electron chi connectivity index (χ4n) is 2.42. The van der Waals surface area contributed by atoms with Crippen molar-refractivity contribution in [3.63, 3.8) is 0 Å². The van der Waals surface area contributed by atoms with E-state index in [1.807, 2.05) is 0 Å². The standard InChI is InChI=1S/C16H7Br2N5O5S/c17-8-3-6(4-9(28-19)12(8)21-25)1-2-10-20-5-7-11(18)13(22-26)15(24)14(23-27)16(7)29-10/h1-5H,19H2/b2-1+. The Morgan fingerprint density at radius 3 is 2.34 bits per heavy atom. The molecular weight excluding hydrogens is 534 g/mol. The monoisotopic (exact) mass is 539 g/mol. The lowest BCUT2D eigenvalue weighted by Crippen LogP contribution is -2.04. The van der Waals surface area contributed by atoms with E-state index in [1.165, 1.54) is 12.3 Å². The quantitative estimate of drug-likeness (QED) is 0.308. The van der Waals surface area contributed by atoms with Crippen molar-refractivity contribution in [2.45, 2.75) is 0 Å². The first-order valence-electron chi connectivity index (χ1n) is 7.48. The second-order valence-corrected chi connectivity index (χ2v) is 8.03. The normalized spacial score (nSPS) is 11.0. The Balaban J connectivity index is 2.11. The van der Waals surface area contributed by atoms with Gasteiger partial charge < -0.3 is 4.84 Å². The molecule has 0 aromatic heterocycles. The van der Waals surface area contributed by atoms with Gasteiger partial charge in [0.15, 0.2) is 22.8 Å². The van der Waals surface area contributed by atoms with Crippen molar-refractivity contribution in [1.29, 1.82) is 0 Å². The van der Waals surface area contributed by atoms with Gasteiger partial charge in [-0.1, -0.05) is 6.08 Å². The summed E-state index contributed by atoms with van der Waals surface area (Å²) in [7, 11) is 0. The molecule has 0 spiro atoms. The van der Waals surface area contributed by atoms with Crippen LogP contribution in [0.1, 0.15) is 10.6 Å². The Hall–Kier alpha value is -2.74. The summed E-state index contributed by atoms with van der Waals surface area (Å²) in [6.07, 6.45) is 4.65. The van der Waals surface area contributed by atoms with E-state index in [0.29, 0.717) is 20.6 Å². The predicted octanol–water partition coefficient (Wildman–Crippen LogP) is 5.75. The molecule has 1 aliphatic carbocycles. The second kappa shape index (κ2) is 8.73. The molecule has 0 radical (unpaired) electrons. The van der Waals surface area contributed by atoms with Crippen molar-refractivity contribution in [3.8, 4) is 16.2 Å². The summed E-state index contributed by atoms with van der Waals surface area (Å²) >= 11 is 7.37. The van der Waals surface area contributed by atoms with Crippen LogP contribution in [-0.4, -0.2) is 4.98 Å². The maximum absolute atomic E-state index is 12.2. The highest BCUT2D eigenvalue weighted by molar-refractivity contribution is 9.11. The molecule has 2 aliphatic rings. The van der Waals surface area contributed by atoms with Gasteiger partial charge in [0.2, 0.25) is 5.43 Å². The smallest absolute Gasteiger partial charge is 0.239 e. The fraction of sp³-hybridized carbons (Fsp3) is 0. The maximum atomic E-state index is 12.2. The summed E-state index contributed by atoms with van der Waals surface area (Å²) in [5, 5.41) is 8.70. The number of rotatable bonds is 6. The zero-order valence-electron chi connectivity index (χ0n) is 14.0. The molecule has 10 nitrogen and oxygen atoms in total. The number of hydrogen-bond donors (Lipinski definition) is 1. The summed E-state index contributed by atoms with van der Waals surface area (Å²) in [5.74, 6) is 5.23. The van der Waals surface area contributed by atoms with Crippen LogP contribution in [0.15, 0.2) is 47.6 Å². The van der Waals surface area contributed by atoms with E-state index in [0.717, 1.165) is 11.3 Å². The largest absolute Gasteiger partial charge is 0.409 e. The summed E-state index contributed by atoms with van der Waals surface area (Å²) < 4.78 is 0.524. The lowest BCUT2D eigenvalue weighted by molar-refractivity contribution is 0.335. The van der Waals surface area contributed by atoms with Crippen molar-refractivity contribution in [3.05, 3.63) is 62.8 Å². The molecule has 0 saturated carbocycles. The molecule has 1 aromatic carbocycles. The SMILES string of the molecule is NOc1cc(/C=C/c2ncc3c(Br)c(N=O)c(=O)c(N=O)c-3s2)cc(Br)c1N=O. The van der Waals surface area contributed by atoms with E-state index in [2.05, 4.69) is 57.2 Å². The van der Waals surface area contributed by atoms with Crippen LogP contribution in [-0.2, 0) is 0 Å². The van der Waals surface area contributed by atoms with Gasteiger partial charge in [0.05, 0.1) is 13.8 Å². The van der Waals surface area contributed by atoms with Crippen LogP contribution in [0.25, 0.3) is 22.6 Å². The number of benzene rings is 2. The number of aromatic nitrogens is 1. The number of nitrogens with zero attached hydrogens (tertiary/aromatic N) is 4. The fourth-order valence-corrected chi connectivity index (χ4v) is 4.58. The molecule has 0 bridgehead atoms. The van der Waals surface area contributed by atoms with E-state index < -0.39 is 16.8 Å². The van der Waals surface area contributed by atoms with Crippen LogP contribution in [0.5, 0.6) is 5.75 Å². The molecule has 2 N–H and O–H groups in total. The Labute approximate surface area is 182 Å². The molecule has 1 aliphatic heterocycles. The van der Waals surface area contributed by atoms with Gasteiger partial charge in [0.25, 0.3) is 0 Å². The van der Waals surface area contributed by atoms with Gasteiger partial charge in [-0.05, 0) is 71.2 Å². The zero-order chi connectivity index (χ0) is 21.1. The Kier molecular flexibility index (Phi) is 6.32. The minimum atomic E-state index is -0.864. The minimum Gasteiger partial charge on any atom is -0.409 e. The molecule has 1 aromatic rings. The van der Waals surface area contributed by atoms with Gasteiger partial charge in [0, 0.05) is 11.8 Å². The first kappa shape index (κ1) is 21.0. The maximum Gasteiger partial charge on any atom is 0.239 e. The number of hydrogen-bond acceptors (Lipinski definition) is 11. The van der Waals surface area contributed by atoms with Crippen LogP contribution in [0, 0.1) is 14.7 Å². The molecule has 0 fully saturated rings. The highest BCUT2D eigenvalue weighted by Crippen LogP contribution is 2.43. The van der Waals surface area contributed by atoms with Crippen molar-refractivity contribution in [2.75, 3.05) is 0 Å². The molecule has 13 heteroatoms. The van der Waals surface area contributed by atoms with Gasteiger partial charge in [-0.2, -0.15) is 5.90 Å². The van der Waals surface area contributed by atoms with Crippen molar-refractivity contribution < 1.29 is 4.84 Å². The van der Waals surface area contributed by atoms with Gasteiger partial charge in [-0.15, -0.1) is 26.1 Å². The summed E-state index contributed by atoms with van der Waals surface area (Å²) in [6.45, 7) is 0. The van der Waals surface area contributed by atoms with Crippen LogP contribution >= 0.6 is 43.2 Å². The Morgan fingerprint density at radius 2 is 1.72 bits per heavy atom. The lowest BCUT2D eigenvalue weighted by atomic mass is 10.1. The van der Waals surface area contributed by atoms with Crippen LogP contribution in [0.4, 0.5) is 17.1 Å². The summed E-state index contributed by atoms with van der Waals surface area (Å²) in [6, 6.07) is 3.12. The molecule has 3 rings (SSSR count). The number of nitroso groups, excluding NO2 is 3. The van der Waals surface area contributed by atoms with Crippen molar-refractivity contribution in [1.82, 2.24) is 4.98 Å². The third kappa shape index (κ3) is 3.89. The molecule has 1 heterocycles. The molecule has 0 unspecified atom stereocenters. The number of fused-ring (bicyclic) bond motifs is 1. The van der Waals surface area contributed by atoms with Crippen molar-refractivity contribution in [2.24, 2.45) is 21.4 Å². The predicted molar refractivity (Wildman–Crippen MR) is 117 cm³/mol. The molecule has 0 amide bonds. The van der Waals surface area contributed by atoms with Crippen molar-refractivity contribution >= 4 is 72.4 Å². The molecule has 0 atom stereocenters.